The second-order valence-corrected chi connectivity index (χ2v) is 10.8. The molecule has 0 saturated carbocycles. The number of halogens is 6. The number of piperidine rings is 1. The fourth-order valence-corrected chi connectivity index (χ4v) is 6.13. The van der Waals surface area contributed by atoms with Crippen molar-refractivity contribution in [3.8, 4) is 0 Å². The lowest BCUT2D eigenvalue weighted by molar-refractivity contribution is -0.384. The van der Waals surface area contributed by atoms with Crippen molar-refractivity contribution in [2.75, 3.05) is 22.9 Å². The first kappa shape index (κ1) is 28.9. The monoisotopic (exact) mass is 612 g/mol. The summed E-state index contributed by atoms with van der Waals surface area (Å²) in [5.74, 6) is -6.38. The average molecular weight is 613 g/mol. The Kier molecular flexibility index (Phi) is 7.97. The van der Waals surface area contributed by atoms with Gasteiger partial charge in [-0.05, 0) is 55.4 Å². The van der Waals surface area contributed by atoms with E-state index in [4.69, 9.17) is 23.2 Å². The highest BCUT2D eigenvalue weighted by molar-refractivity contribution is 6.33. The van der Waals surface area contributed by atoms with Crippen molar-refractivity contribution < 1.29 is 27.4 Å². The Morgan fingerprint density at radius 3 is 1.51 bits per heavy atom. The summed E-state index contributed by atoms with van der Waals surface area (Å²) in [5.41, 5.74) is -2.30. The summed E-state index contributed by atoms with van der Waals surface area (Å²) < 4.78 is 63.0. The third-order valence-corrected chi connectivity index (χ3v) is 8.28. The highest BCUT2D eigenvalue weighted by Crippen LogP contribution is 2.51. The molecular weight excluding hydrogens is 591 g/mol. The molecule has 0 N–H and O–H groups in total. The Bertz CT molecular complexity index is 1450. The molecule has 3 aromatic rings. The molecule has 0 bridgehead atoms. The molecule has 5 rings (SSSR count). The van der Waals surface area contributed by atoms with E-state index in [9.17, 15) is 20.2 Å². The second kappa shape index (κ2) is 11.3. The molecule has 41 heavy (non-hydrogen) atoms. The van der Waals surface area contributed by atoms with E-state index in [1.165, 1.54) is 29.2 Å². The van der Waals surface area contributed by atoms with E-state index in [1.54, 1.807) is 0 Å². The summed E-state index contributed by atoms with van der Waals surface area (Å²) in [5, 5.41) is 22.8. The first-order chi connectivity index (χ1) is 19.5. The van der Waals surface area contributed by atoms with E-state index < -0.39 is 67.9 Å². The van der Waals surface area contributed by atoms with Crippen molar-refractivity contribution in [1.29, 1.82) is 0 Å². The molecule has 2 aliphatic heterocycles. The van der Waals surface area contributed by atoms with Gasteiger partial charge in [0.25, 0.3) is 11.4 Å². The Hall–Kier alpha value is -3.64. The molecule has 2 atom stereocenters. The number of hydrogen-bond acceptors (Lipinski definition) is 6. The molecular formula is C27H22Cl2F4N4O4. The molecule has 8 nitrogen and oxygen atoms in total. The van der Waals surface area contributed by atoms with Crippen molar-refractivity contribution in [3.63, 3.8) is 0 Å². The van der Waals surface area contributed by atoms with Gasteiger partial charge in [0.1, 0.15) is 21.4 Å². The number of nitrogens with zero attached hydrogens (tertiary/aromatic N) is 4. The topological polar surface area (TPSA) is 92.8 Å². The molecule has 0 aromatic heterocycles. The predicted molar refractivity (Wildman–Crippen MR) is 146 cm³/mol. The molecule has 0 spiro atoms. The van der Waals surface area contributed by atoms with Crippen molar-refractivity contribution in [2.24, 2.45) is 0 Å². The van der Waals surface area contributed by atoms with Crippen molar-refractivity contribution in [3.05, 3.63) is 101 Å². The van der Waals surface area contributed by atoms with Gasteiger partial charge < -0.3 is 9.80 Å². The van der Waals surface area contributed by atoms with Crippen LogP contribution in [0.1, 0.15) is 55.3 Å². The Labute approximate surface area is 241 Å². The molecule has 14 heteroatoms. The highest BCUT2D eigenvalue weighted by Gasteiger charge is 2.42. The van der Waals surface area contributed by atoms with E-state index in [0.717, 1.165) is 23.5 Å². The molecule has 0 amide bonds. The Morgan fingerprint density at radius 1 is 0.683 bits per heavy atom. The number of anilines is 2. The molecule has 2 heterocycles. The number of benzene rings is 3. The van der Waals surface area contributed by atoms with E-state index in [0.29, 0.717) is 12.8 Å². The van der Waals surface area contributed by atoms with Crippen LogP contribution in [0.2, 0.25) is 10.0 Å². The van der Waals surface area contributed by atoms with Gasteiger partial charge >= 0.3 is 0 Å². The zero-order valence-corrected chi connectivity index (χ0v) is 22.8. The summed E-state index contributed by atoms with van der Waals surface area (Å²) in [4.78, 5) is 24.0. The third-order valence-electron chi connectivity index (χ3n) is 7.64. The van der Waals surface area contributed by atoms with Crippen LogP contribution >= 0.6 is 23.2 Å². The largest absolute Gasteiger partial charge is 0.367 e. The molecule has 0 radical (unpaired) electrons. The lowest BCUT2D eigenvalue weighted by Crippen LogP contribution is -2.33. The van der Waals surface area contributed by atoms with Crippen molar-refractivity contribution in [2.45, 2.75) is 44.2 Å². The van der Waals surface area contributed by atoms with Crippen molar-refractivity contribution >= 4 is 46.0 Å². The Balaban J connectivity index is 1.71. The van der Waals surface area contributed by atoms with Gasteiger partial charge in [-0.25, -0.2) is 17.6 Å². The maximum absolute atomic E-state index is 15.9. The number of nitro groups is 2. The van der Waals surface area contributed by atoms with E-state index in [1.807, 2.05) is 0 Å². The van der Waals surface area contributed by atoms with Gasteiger partial charge in [0.05, 0.1) is 21.9 Å². The lowest BCUT2D eigenvalue weighted by Gasteiger charge is -2.35. The van der Waals surface area contributed by atoms with Crippen LogP contribution in [0.3, 0.4) is 0 Å². The molecule has 216 valence electrons. The van der Waals surface area contributed by atoms with Crippen LogP contribution in [-0.2, 0) is 0 Å². The zero-order chi connectivity index (χ0) is 29.6. The standard InChI is InChI=1S/C27H22Cl2F4N4O4/c28-16-6-4-14(12-20(16)36(38)39)18-8-9-19(15-5-7-17(29)21(13-15)37(40)41)35(18)27-24(32)22(30)26(23(31)25(27)33)34-10-2-1-3-11-34/h4-7,12-13,18-19H,1-3,8-11H2/t18-,19-/m1/s1. The number of nitro benzene ring substituents is 2. The lowest BCUT2D eigenvalue weighted by atomic mass is 10.0. The van der Waals surface area contributed by atoms with Gasteiger partial charge in [-0.15, -0.1) is 0 Å². The highest BCUT2D eigenvalue weighted by atomic mass is 35.5. The van der Waals surface area contributed by atoms with E-state index >= 15 is 17.6 Å². The van der Waals surface area contributed by atoms with Gasteiger partial charge in [-0.2, -0.15) is 0 Å². The summed E-state index contributed by atoms with van der Waals surface area (Å²) in [6.45, 7) is 0.452. The summed E-state index contributed by atoms with van der Waals surface area (Å²) in [6.07, 6.45) is 2.29. The van der Waals surface area contributed by atoms with Crippen LogP contribution in [0.5, 0.6) is 0 Å². The molecule has 2 saturated heterocycles. The van der Waals surface area contributed by atoms with Crippen LogP contribution < -0.4 is 9.80 Å². The van der Waals surface area contributed by atoms with Crippen LogP contribution in [-0.4, -0.2) is 22.9 Å². The van der Waals surface area contributed by atoms with Gasteiger partial charge in [0.15, 0.2) is 23.3 Å². The molecule has 0 aliphatic carbocycles. The maximum atomic E-state index is 15.9. The number of rotatable bonds is 6. The minimum absolute atomic E-state index is 0.135. The van der Waals surface area contributed by atoms with Gasteiger partial charge in [0, 0.05) is 25.2 Å². The SMILES string of the molecule is O=[N+]([O-])c1cc([C@H]2CC[C@H](c3ccc(Cl)c([N+](=O)[O-])c3)N2c2c(F)c(F)c(N3CCCCC3)c(F)c2F)ccc1Cl. The van der Waals surface area contributed by atoms with Gasteiger partial charge in [0.2, 0.25) is 0 Å². The Morgan fingerprint density at radius 2 is 1.10 bits per heavy atom. The van der Waals surface area contributed by atoms with Crippen LogP contribution in [0, 0.1) is 43.5 Å². The third kappa shape index (κ3) is 5.14. The zero-order valence-electron chi connectivity index (χ0n) is 21.3. The summed E-state index contributed by atoms with van der Waals surface area (Å²) in [7, 11) is 0. The van der Waals surface area contributed by atoms with Crippen molar-refractivity contribution in [1.82, 2.24) is 0 Å². The minimum Gasteiger partial charge on any atom is -0.367 e. The molecule has 2 fully saturated rings. The second-order valence-electron chi connectivity index (χ2n) is 9.95. The summed E-state index contributed by atoms with van der Waals surface area (Å²) >= 11 is 11.9. The molecule has 2 aliphatic rings. The fourth-order valence-electron chi connectivity index (χ4n) is 5.76. The molecule has 3 aromatic carbocycles. The van der Waals surface area contributed by atoms with E-state index in [-0.39, 0.29) is 47.1 Å². The predicted octanol–water partition coefficient (Wildman–Crippen LogP) is 8.44. The fraction of sp³-hybridized carbons (Fsp3) is 0.333. The quantitative estimate of drug-likeness (QED) is 0.120. The van der Waals surface area contributed by atoms with Crippen LogP contribution in [0.15, 0.2) is 36.4 Å². The number of hydrogen-bond donors (Lipinski definition) is 0. The van der Waals surface area contributed by atoms with Crippen LogP contribution in [0.4, 0.5) is 40.3 Å². The normalized spacial score (nSPS) is 19.1. The van der Waals surface area contributed by atoms with Gasteiger partial charge in [-0.1, -0.05) is 35.3 Å². The summed E-state index contributed by atoms with van der Waals surface area (Å²) in [6, 6.07) is 5.61. The first-order valence-electron chi connectivity index (χ1n) is 12.8. The first-order valence-corrected chi connectivity index (χ1v) is 13.5. The average Bonchev–Trinajstić information content (AvgIpc) is 3.37. The van der Waals surface area contributed by atoms with Crippen LogP contribution in [0.25, 0.3) is 0 Å². The smallest absolute Gasteiger partial charge is 0.288 e. The van der Waals surface area contributed by atoms with Gasteiger partial charge in [-0.3, -0.25) is 20.2 Å². The maximum Gasteiger partial charge on any atom is 0.288 e. The van der Waals surface area contributed by atoms with E-state index in [2.05, 4.69) is 0 Å². The molecule has 0 unspecified atom stereocenters. The minimum atomic E-state index is -1.63.